The summed E-state index contributed by atoms with van der Waals surface area (Å²) in [6.45, 7) is 2.72. The van der Waals surface area contributed by atoms with Crippen molar-refractivity contribution in [2.45, 2.75) is 31.7 Å². The lowest BCUT2D eigenvalue weighted by atomic mass is 9.95. The number of likely N-dealkylation sites (N-methyl/N-ethyl adjacent to an activating group) is 1. The highest BCUT2D eigenvalue weighted by Crippen LogP contribution is 2.31. The van der Waals surface area contributed by atoms with Crippen LogP contribution in [-0.2, 0) is 9.59 Å². The molecule has 1 unspecified atom stereocenters. The van der Waals surface area contributed by atoms with Crippen LogP contribution in [0.15, 0.2) is 24.3 Å². The van der Waals surface area contributed by atoms with Gasteiger partial charge in [0.15, 0.2) is 6.61 Å². The minimum Gasteiger partial charge on any atom is -0.484 e. The van der Waals surface area contributed by atoms with Crippen molar-refractivity contribution < 1.29 is 14.3 Å². The van der Waals surface area contributed by atoms with Gasteiger partial charge in [-0.2, -0.15) is 0 Å². The van der Waals surface area contributed by atoms with Crippen molar-refractivity contribution in [1.82, 2.24) is 15.1 Å². The minimum absolute atomic E-state index is 0.0170. The van der Waals surface area contributed by atoms with Crippen LogP contribution in [0.2, 0.25) is 5.02 Å². The number of benzene rings is 1. The molecule has 2 fully saturated rings. The van der Waals surface area contributed by atoms with Gasteiger partial charge in [0.05, 0.1) is 6.04 Å². The molecule has 1 aliphatic carbocycles. The van der Waals surface area contributed by atoms with Crippen LogP contribution in [0.1, 0.15) is 25.7 Å². The predicted molar refractivity (Wildman–Crippen MR) is 105 cm³/mol. The zero-order chi connectivity index (χ0) is 19.2. The minimum atomic E-state index is -0.0694. The third kappa shape index (κ3) is 5.14. The van der Waals surface area contributed by atoms with E-state index in [1.807, 2.05) is 4.90 Å². The van der Waals surface area contributed by atoms with Gasteiger partial charge in [-0.1, -0.05) is 24.4 Å². The average molecular weight is 394 g/mol. The summed E-state index contributed by atoms with van der Waals surface area (Å²) < 4.78 is 5.56. The van der Waals surface area contributed by atoms with E-state index in [1.54, 1.807) is 31.3 Å². The van der Waals surface area contributed by atoms with Gasteiger partial charge >= 0.3 is 0 Å². The number of carbonyl (C=O) groups excluding carboxylic acids is 2. The van der Waals surface area contributed by atoms with Gasteiger partial charge in [-0.25, -0.2) is 0 Å². The van der Waals surface area contributed by atoms with E-state index in [-0.39, 0.29) is 24.5 Å². The molecule has 1 saturated carbocycles. The number of hydrogen-bond donors (Lipinski definition) is 1. The molecule has 1 saturated heterocycles. The van der Waals surface area contributed by atoms with Crippen molar-refractivity contribution in [2.75, 3.05) is 39.8 Å². The summed E-state index contributed by atoms with van der Waals surface area (Å²) in [5, 5.41) is 3.46. The summed E-state index contributed by atoms with van der Waals surface area (Å²) in [7, 11) is 1.71. The Kier molecular flexibility index (Phi) is 6.96. The van der Waals surface area contributed by atoms with Crippen molar-refractivity contribution in [1.29, 1.82) is 0 Å². The van der Waals surface area contributed by atoms with Gasteiger partial charge in [0, 0.05) is 38.2 Å². The van der Waals surface area contributed by atoms with Crippen molar-refractivity contribution in [3.05, 3.63) is 29.3 Å². The molecule has 3 rings (SSSR count). The zero-order valence-corrected chi connectivity index (χ0v) is 16.6. The molecule has 0 bridgehead atoms. The van der Waals surface area contributed by atoms with Gasteiger partial charge in [0.1, 0.15) is 5.75 Å². The lowest BCUT2D eigenvalue weighted by Crippen LogP contribution is -2.58. The second-order valence-corrected chi connectivity index (χ2v) is 7.70. The maximum atomic E-state index is 12.4. The standard InChI is InChI=1S/C20H28ClN3O3/c1-22-20(26)19(15-4-2-3-5-15)24-12-10-23(11-13-24)18(25)14-27-17-8-6-16(21)7-9-17/h6-9,15,19H,2-5,10-14H2,1H3,(H,22,26). The molecule has 0 radical (unpaired) electrons. The highest BCUT2D eigenvalue weighted by Gasteiger charge is 2.36. The van der Waals surface area contributed by atoms with Gasteiger partial charge in [-0.05, 0) is 43.0 Å². The number of rotatable bonds is 6. The van der Waals surface area contributed by atoms with E-state index in [0.717, 1.165) is 25.9 Å². The van der Waals surface area contributed by atoms with Gasteiger partial charge in [0.2, 0.25) is 5.91 Å². The number of amides is 2. The molecule has 1 N–H and O–H groups in total. The molecule has 1 atom stereocenters. The normalized spacial score (nSPS) is 19.7. The van der Waals surface area contributed by atoms with Crippen molar-refractivity contribution in [3.63, 3.8) is 0 Å². The van der Waals surface area contributed by atoms with Crippen molar-refractivity contribution >= 4 is 23.4 Å². The van der Waals surface area contributed by atoms with Gasteiger partial charge in [0.25, 0.3) is 5.91 Å². The summed E-state index contributed by atoms with van der Waals surface area (Å²) in [5.74, 6) is 1.14. The number of carbonyl (C=O) groups is 2. The molecule has 1 aliphatic heterocycles. The molecule has 2 aliphatic rings. The number of nitrogens with one attached hydrogen (secondary N) is 1. The molecule has 1 aromatic carbocycles. The number of halogens is 1. The molecule has 6 nitrogen and oxygen atoms in total. The third-order valence-electron chi connectivity index (χ3n) is 5.60. The fourth-order valence-electron chi connectivity index (χ4n) is 4.12. The van der Waals surface area contributed by atoms with Crippen LogP contribution in [0.4, 0.5) is 0 Å². The van der Waals surface area contributed by atoms with E-state index < -0.39 is 0 Å². The number of nitrogens with zero attached hydrogens (tertiary/aromatic N) is 2. The van der Waals surface area contributed by atoms with E-state index in [1.165, 1.54) is 12.8 Å². The molecule has 1 aromatic rings. The molecular weight excluding hydrogens is 366 g/mol. The van der Waals surface area contributed by atoms with Gasteiger partial charge < -0.3 is 15.0 Å². The van der Waals surface area contributed by atoms with Crippen LogP contribution in [0.25, 0.3) is 0 Å². The molecule has 0 aromatic heterocycles. The first-order chi connectivity index (χ1) is 13.1. The summed E-state index contributed by atoms with van der Waals surface area (Å²) in [6.07, 6.45) is 4.65. The molecule has 27 heavy (non-hydrogen) atoms. The predicted octanol–water partition coefficient (Wildman–Crippen LogP) is 2.17. The van der Waals surface area contributed by atoms with Crippen LogP contribution < -0.4 is 10.1 Å². The molecule has 1 heterocycles. The van der Waals surface area contributed by atoms with E-state index in [0.29, 0.717) is 29.8 Å². The topological polar surface area (TPSA) is 61.9 Å². The summed E-state index contributed by atoms with van der Waals surface area (Å²) in [5.41, 5.74) is 0. The average Bonchev–Trinajstić information content (AvgIpc) is 3.22. The molecule has 2 amide bonds. The highest BCUT2D eigenvalue weighted by molar-refractivity contribution is 6.30. The van der Waals surface area contributed by atoms with E-state index in [4.69, 9.17) is 16.3 Å². The maximum absolute atomic E-state index is 12.4. The first kappa shape index (κ1) is 20.0. The van der Waals surface area contributed by atoms with Crippen LogP contribution >= 0.6 is 11.6 Å². The second kappa shape index (κ2) is 9.42. The molecule has 148 valence electrons. The van der Waals surface area contributed by atoms with Crippen molar-refractivity contribution in [2.24, 2.45) is 5.92 Å². The van der Waals surface area contributed by atoms with Gasteiger partial charge in [-0.15, -0.1) is 0 Å². The lowest BCUT2D eigenvalue weighted by Gasteiger charge is -2.40. The first-order valence-corrected chi connectivity index (χ1v) is 10.1. The summed E-state index contributed by atoms with van der Waals surface area (Å²) >= 11 is 5.85. The Bertz CT molecular complexity index is 638. The fourth-order valence-corrected chi connectivity index (χ4v) is 4.24. The van der Waals surface area contributed by atoms with Crippen LogP contribution in [0, 0.1) is 5.92 Å². The summed E-state index contributed by atoms with van der Waals surface area (Å²) in [6, 6.07) is 6.91. The number of piperazine rings is 1. The Labute approximate surface area is 165 Å². The highest BCUT2D eigenvalue weighted by atomic mass is 35.5. The van der Waals surface area contributed by atoms with E-state index in [2.05, 4.69) is 10.2 Å². The van der Waals surface area contributed by atoms with Gasteiger partial charge in [-0.3, -0.25) is 14.5 Å². The van der Waals surface area contributed by atoms with Crippen LogP contribution in [0.3, 0.4) is 0 Å². The largest absolute Gasteiger partial charge is 0.484 e. The monoisotopic (exact) mass is 393 g/mol. The maximum Gasteiger partial charge on any atom is 0.260 e. The molecule has 0 spiro atoms. The SMILES string of the molecule is CNC(=O)C(C1CCCC1)N1CCN(C(=O)COc2ccc(Cl)cc2)CC1. The number of ether oxygens (including phenoxy) is 1. The van der Waals surface area contributed by atoms with Crippen LogP contribution in [0.5, 0.6) is 5.75 Å². The Morgan fingerprint density at radius 2 is 1.78 bits per heavy atom. The molecular formula is C20H28ClN3O3. The Balaban J connectivity index is 1.50. The Morgan fingerprint density at radius 3 is 2.37 bits per heavy atom. The van der Waals surface area contributed by atoms with E-state index >= 15 is 0 Å². The number of hydrogen-bond acceptors (Lipinski definition) is 4. The van der Waals surface area contributed by atoms with E-state index in [9.17, 15) is 9.59 Å². The smallest absolute Gasteiger partial charge is 0.260 e. The van der Waals surface area contributed by atoms with Crippen LogP contribution in [-0.4, -0.2) is 67.5 Å². The zero-order valence-electron chi connectivity index (χ0n) is 15.8. The summed E-state index contributed by atoms with van der Waals surface area (Å²) in [4.78, 5) is 28.9. The first-order valence-electron chi connectivity index (χ1n) is 9.70. The lowest BCUT2D eigenvalue weighted by molar-refractivity contribution is -0.137. The second-order valence-electron chi connectivity index (χ2n) is 7.26. The fraction of sp³-hybridized carbons (Fsp3) is 0.600. The molecule has 7 heteroatoms. The third-order valence-corrected chi connectivity index (χ3v) is 5.85. The Hall–Kier alpha value is -1.79. The van der Waals surface area contributed by atoms with Crippen molar-refractivity contribution in [3.8, 4) is 5.75 Å². The quantitative estimate of drug-likeness (QED) is 0.804. The Morgan fingerprint density at radius 1 is 1.15 bits per heavy atom.